The number of imidazole rings is 1. The van der Waals surface area contributed by atoms with E-state index in [0.717, 1.165) is 0 Å². The molecule has 0 saturated heterocycles. The van der Waals surface area contributed by atoms with E-state index >= 15 is 0 Å². The maximum absolute atomic E-state index is 11.0. The molecule has 0 N–H and O–H groups in total. The van der Waals surface area contributed by atoms with E-state index in [2.05, 4.69) is 10.2 Å². The molecule has 0 aliphatic carbocycles. The van der Waals surface area contributed by atoms with Crippen molar-refractivity contribution in [3.8, 4) is 11.3 Å². The Hall–Kier alpha value is -3.09. The van der Waals surface area contributed by atoms with E-state index in [4.69, 9.17) is 0 Å². The van der Waals surface area contributed by atoms with Gasteiger partial charge < -0.3 is 0 Å². The SMILES string of the molecule is O=Nc1c(-c2ccc([N+](=O)[O-])cc2)nc2ccccn12. The highest BCUT2D eigenvalue weighted by atomic mass is 16.6. The fourth-order valence-corrected chi connectivity index (χ4v) is 2.00. The lowest BCUT2D eigenvalue weighted by molar-refractivity contribution is -0.384. The standard InChI is InChI=1S/C13H8N4O3/c18-15-13-12(14-11-3-1-2-8-16(11)13)9-4-6-10(7-5-9)17(19)20/h1-8H. The molecule has 20 heavy (non-hydrogen) atoms. The van der Waals surface area contributed by atoms with Crippen LogP contribution in [-0.2, 0) is 0 Å². The second kappa shape index (κ2) is 4.54. The molecule has 2 heterocycles. The Labute approximate surface area is 112 Å². The molecule has 0 amide bonds. The fourth-order valence-electron chi connectivity index (χ4n) is 2.00. The zero-order chi connectivity index (χ0) is 14.1. The lowest BCUT2D eigenvalue weighted by Gasteiger charge is -1.97. The van der Waals surface area contributed by atoms with Gasteiger partial charge in [0.25, 0.3) is 5.69 Å². The maximum Gasteiger partial charge on any atom is 0.269 e. The van der Waals surface area contributed by atoms with Crippen LogP contribution < -0.4 is 0 Å². The summed E-state index contributed by atoms with van der Waals surface area (Å²) in [5, 5.41) is 13.6. The molecule has 7 heteroatoms. The van der Waals surface area contributed by atoms with E-state index in [1.807, 2.05) is 0 Å². The summed E-state index contributed by atoms with van der Waals surface area (Å²) in [7, 11) is 0. The first-order chi connectivity index (χ1) is 9.70. The number of non-ortho nitro benzene ring substituents is 1. The Morgan fingerprint density at radius 1 is 1.15 bits per heavy atom. The Balaban J connectivity index is 2.18. The summed E-state index contributed by atoms with van der Waals surface area (Å²) in [4.78, 5) is 25.5. The number of pyridine rings is 1. The monoisotopic (exact) mass is 268 g/mol. The van der Waals surface area contributed by atoms with Crippen LogP contribution in [0.15, 0.2) is 53.8 Å². The van der Waals surface area contributed by atoms with Crippen LogP contribution in [0.1, 0.15) is 0 Å². The van der Waals surface area contributed by atoms with Crippen molar-refractivity contribution in [2.24, 2.45) is 5.18 Å². The fraction of sp³-hybridized carbons (Fsp3) is 0. The average molecular weight is 268 g/mol. The summed E-state index contributed by atoms with van der Waals surface area (Å²) in [5.41, 5.74) is 1.59. The minimum atomic E-state index is -0.480. The molecule has 0 aliphatic rings. The lowest BCUT2D eigenvalue weighted by atomic mass is 10.1. The van der Waals surface area contributed by atoms with Crippen molar-refractivity contribution in [1.29, 1.82) is 0 Å². The van der Waals surface area contributed by atoms with Gasteiger partial charge in [-0.25, -0.2) is 4.98 Å². The number of nitrogens with zero attached hydrogens (tertiary/aromatic N) is 4. The molecule has 0 atom stereocenters. The summed E-state index contributed by atoms with van der Waals surface area (Å²) < 4.78 is 1.57. The maximum atomic E-state index is 11.0. The number of rotatable bonds is 3. The third kappa shape index (κ3) is 1.81. The van der Waals surface area contributed by atoms with Crippen LogP contribution in [0.5, 0.6) is 0 Å². The van der Waals surface area contributed by atoms with Gasteiger partial charge in [-0.1, -0.05) is 6.07 Å². The van der Waals surface area contributed by atoms with Crippen molar-refractivity contribution < 1.29 is 4.92 Å². The van der Waals surface area contributed by atoms with Crippen LogP contribution in [0.4, 0.5) is 11.5 Å². The molecule has 0 bridgehead atoms. The molecule has 98 valence electrons. The molecule has 0 aliphatic heterocycles. The third-order valence-corrected chi connectivity index (χ3v) is 2.94. The number of hydrogen-bond donors (Lipinski definition) is 0. The van der Waals surface area contributed by atoms with Gasteiger partial charge in [-0.05, 0) is 29.4 Å². The zero-order valence-corrected chi connectivity index (χ0v) is 10.1. The van der Waals surface area contributed by atoms with Gasteiger partial charge in [0.15, 0.2) is 0 Å². The van der Waals surface area contributed by atoms with E-state index in [0.29, 0.717) is 16.9 Å². The first kappa shape index (κ1) is 12.0. The van der Waals surface area contributed by atoms with Crippen molar-refractivity contribution in [1.82, 2.24) is 9.38 Å². The van der Waals surface area contributed by atoms with Crippen LogP contribution >= 0.6 is 0 Å². The van der Waals surface area contributed by atoms with Gasteiger partial charge in [-0.2, -0.15) is 0 Å². The molecule has 2 aromatic heterocycles. The van der Waals surface area contributed by atoms with E-state index < -0.39 is 4.92 Å². The molecule has 0 unspecified atom stereocenters. The van der Waals surface area contributed by atoms with Gasteiger partial charge >= 0.3 is 0 Å². The Kier molecular flexibility index (Phi) is 2.72. The zero-order valence-electron chi connectivity index (χ0n) is 10.1. The minimum Gasteiger partial charge on any atom is -0.281 e. The highest BCUT2D eigenvalue weighted by Crippen LogP contribution is 2.31. The summed E-state index contributed by atoms with van der Waals surface area (Å²) in [5.74, 6) is 0.175. The summed E-state index contributed by atoms with van der Waals surface area (Å²) in [6.45, 7) is 0. The number of benzene rings is 1. The van der Waals surface area contributed by atoms with E-state index in [9.17, 15) is 15.0 Å². The third-order valence-electron chi connectivity index (χ3n) is 2.94. The topological polar surface area (TPSA) is 89.9 Å². The quantitative estimate of drug-likeness (QED) is 0.414. The predicted molar refractivity (Wildman–Crippen MR) is 72.7 cm³/mol. The highest BCUT2D eigenvalue weighted by Gasteiger charge is 2.15. The van der Waals surface area contributed by atoms with Crippen LogP contribution in [0.3, 0.4) is 0 Å². The van der Waals surface area contributed by atoms with E-state index in [1.54, 1.807) is 40.9 Å². The molecule has 7 nitrogen and oxygen atoms in total. The van der Waals surface area contributed by atoms with E-state index in [-0.39, 0.29) is 11.5 Å². The van der Waals surface area contributed by atoms with Crippen LogP contribution in [0, 0.1) is 15.0 Å². The average Bonchev–Trinajstić information content (AvgIpc) is 2.85. The smallest absolute Gasteiger partial charge is 0.269 e. The number of nitro benzene ring substituents is 1. The van der Waals surface area contributed by atoms with Crippen LogP contribution in [-0.4, -0.2) is 14.3 Å². The van der Waals surface area contributed by atoms with Gasteiger partial charge in [0, 0.05) is 23.9 Å². The molecular formula is C13H8N4O3. The van der Waals surface area contributed by atoms with Crippen LogP contribution in [0.25, 0.3) is 16.9 Å². The number of aromatic nitrogens is 2. The van der Waals surface area contributed by atoms with Crippen molar-refractivity contribution in [2.45, 2.75) is 0 Å². The van der Waals surface area contributed by atoms with E-state index in [1.165, 1.54) is 12.1 Å². The number of nitro groups is 1. The molecule has 0 radical (unpaired) electrons. The lowest BCUT2D eigenvalue weighted by Crippen LogP contribution is -1.87. The Morgan fingerprint density at radius 2 is 1.90 bits per heavy atom. The van der Waals surface area contributed by atoms with Gasteiger partial charge in [-0.3, -0.25) is 14.5 Å². The van der Waals surface area contributed by atoms with Crippen molar-refractivity contribution >= 4 is 17.2 Å². The summed E-state index contributed by atoms with van der Waals surface area (Å²) in [6, 6.07) is 11.2. The molecule has 3 rings (SSSR count). The van der Waals surface area contributed by atoms with Gasteiger partial charge in [0.1, 0.15) is 11.3 Å². The van der Waals surface area contributed by atoms with Crippen LogP contribution in [0.2, 0.25) is 0 Å². The molecule has 0 saturated carbocycles. The largest absolute Gasteiger partial charge is 0.281 e. The van der Waals surface area contributed by atoms with Crippen molar-refractivity contribution in [3.05, 3.63) is 63.7 Å². The summed E-state index contributed by atoms with van der Waals surface area (Å²) >= 11 is 0. The molecule has 3 aromatic rings. The van der Waals surface area contributed by atoms with Gasteiger partial charge in [0.2, 0.25) is 5.82 Å². The minimum absolute atomic E-state index is 0.0156. The number of nitroso groups, excluding NO2 is 1. The first-order valence-electron chi connectivity index (χ1n) is 5.76. The Bertz CT molecular complexity index is 808. The Morgan fingerprint density at radius 3 is 2.55 bits per heavy atom. The van der Waals surface area contributed by atoms with Gasteiger partial charge in [0.05, 0.1) is 4.92 Å². The molecule has 0 fully saturated rings. The number of hydrogen-bond acceptors (Lipinski definition) is 5. The second-order valence-electron chi connectivity index (χ2n) is 4.11. The van der Waals surface area contributed by atoms with Crippen molar-refractivity contribution in [2.75, 3.05) is 0 Å². The van der Waals surface area contributed by atoms with Crippen molar-refractivity contribution in [3.63, 3.8) is 0 Å². The first-order valence-corrected chi connectivity index (χ1v) is 5.76. The highest BCUT2D eigenvalue weighted by molar-refractivity contribution is 5.75. The molecule has 1 aromatic carbocycles. The van der Waals surface area contributed by atoms with Gasteiger partial charge in [-0.15, -0.1) is 4.91 Å². The second-order valence-corrected chi connectivity index (χ2v) is 4.11. The summed E-state index contributed by atoms with van der Waals surface area (Å²) in [6.07, 6.45) is 1.69. The molecular weight excluding hydrogens is 260 g/mol. The predicted octanol–water partition coefficient (Wildman–Crippen LogP) is 3.31. The normalized spacial score (nSPS) is 10.6. The number of fused-ring (bicyclic) bond motifs is 1. The molecule has 0 spiro atoms.